The summed E-state index contributed by atoms with van der Waals surface area (Å²) in [5, 5.41) is 3.10. The highest BCUT2D eigenvalue weighted by atomic mass is 16.5. The van der Waals surface area contributed by atoms with Gasteiger partial charge in [0.15, 0.2) is 0 Å². The Bertz CT molecular complexity index is 437. The van der Waals surface area contributed by atoms with E-state index in [1.807, 2.05) is 7.05 Å². The molecule has 0 amide bonds. The van der Waals surface area contributed by atoms with Gasteiger partial charge in [0.25, 0.3) is 0 Å². The Balaban J connectivity index is 2.10. The lowest BCUT2D eigenvalue weighted by Crippen LogP contribution is -2.46. The van der Waals surface area contributed by atoms with Gasteiger partial charge in [-0.3, -0.25) is 0 Å². The molecule has 1 atom stereocenters. The third kappa shape index (κ3) is 3.42. The number of pyridine rings is 1. The summed E-state index contributed by atoms with van der Waals surface area (Å²) >= 11 is 0. The summed E-state index contributed by atoms with van der Waals surface area (Å²) in [7, 11) is 3.28. The van der Waals surface area contributed by atoms with Crippen LogP contribution >= 0.6 is 0 Å². The van der Waals surface area contributed by atoms with Crippen LogP contribution in [0.25, 0.3) is 0 Å². The largest absolute Gasteiger partial charge is 0.465 e. The molecule has 1 aromatic heterocycles. The molecule has 6 heteroatoms. The van der Waals surface area contributed by atoms with Crippen molar-refractivity contribution in [3.05, 3.63) is 23.9 Å². The molecule has 1 fully saturated rings. The Hall–Kier alpha value is -1.66. The Kier molecular flexibility index (Phi) is 4.70. The van der Waals surface area contributed by atoms with Gasteiger partial charge in [-0.05, 0) is 19.2 Å². The predicted molar refractivity (Wildman–Crippen MR) is 71.5 cm³/mol. The van der Waals surface area contributed by atoms with E-state index >= 15 is 0 Å². The summed E-state index contributed by atoms with van der Waals surface area (Å²) in [6.45, 7) is 3.00. The van der Waals surface area contributed by atoms with Gasteiger partial charge in [-0.15, -0.1) is 0 Å². The lowest BCUT2D eigenvalue weighted by molar-refractivity contribution is 0.0419. The number of morpholine rings is 1. The molecule has 1 aromatic rings. The molecule has 6 nitrogen and oxygen atoms in total. The van der Waals surface area contributed by atoms with E-state index in [-0.39, 0.29) is 12.1 Å². The van der Waals surface area contributed by atoms with Crippen LogP contribution in [0.2, 0.25) is 0 Å². The molecule has 1 unspecified atom stereocenters. The maximum atomic E-state index is 11.5. The SMILES string of the molecule is CNCC1CN(c2cc(C(=O)OC)ccn2)CCO1. The number of carbonyl (C=O) groups excluding carboxylic acids is 1. The molecule has 0 bridgehead atoms. The highest BCUT2D eigenvalue weighted by molar-refractivity contribution is 5.90. The summed E-state index contributed by atoms with van der Waals surface area (Å²) in [6.07, 6.45) is 1.77. The van der Waals surface area contributed by atoms with Gasteiger partial charge in [-0.25, -0.2) is 9.78 Å². The Morgan fingerprint density at radius 3 is 3.26 bits per heavy atom. The number of hydrogen-bond donors (Lipinski definition) is 1. The van der Waals surface area contributed by atoms with E-state index in [2.05, 4.69) is 15.2 Å². The second-order valence-electron chi connectivity index (χ2n) is 4.39. The summed E-state index contributed by atoms with van der Waals surface area (Å²) in [4.78, 5) is 18.0. The van der Waals surface area contributed by atoms with Crippen molar-refractivity contribution < 1.29 is 14.3 Å². The Morgan fingerprint density at radius 1 is 1.68 bits per heavy atom. The number of esters is 1. The zero-order valence-electron chi connectivity index (χ0n) is 11.3. The molecule has 0 aliphatic carbocycles. The van der Waals surface area contributed by atoms with Gasteiger partial charge < -0.3 is 19.7 Å². The van der Waals surface area contributed by atoms with E-state index in [1.165, 1.54) is 7.11 Å². The van der Waals surface area contributed by atoms with Crippen molar-refractivity contribution in [1.82, 2.24) is 10.3 Å². The molecule has 2 rings (SSSR count). The first kappa shape index (κ1) is 13.8. The van der Waals surface area contributed by atoms with Gasteiger partial charge in [-0.2, -0.15) is 0 Å². The van der Waals surface area contributed by atoms with Gasteiger partial charge in [0, 0.05) is 25.8 Å². The number of ether oxygens (including phenoxy) is 2. The van der Waals surface area contributed by atoms with Crippen LogP contribution in [0, 0.1) is 0 Å². The molecule has 19 heavy (non-hydrogen) atoms. The minimum absolute atomic E-state index is 0.141. The molecule has 0 spiro atoms. The first-order valence-corrected chi connectivity index (χ1v) is 6.30. The van der Waals surface area contributed by atoms with E-state index in [4.69, 9.17) is 9.47 Å². The maximum absolute atomic E-state index is 11.5. The zero-order valence-corrected chi connectivity index (χ0v) is 11.3. The van der Waals surface area contributed by atoms with Crippen LogP contribution < -0.4 is 10.2 Å². The number of anilines is 1. The fourth-order valence-electron chi connectivity index (χ4n) is 2.11. The van der Waals surface area contributed by atoms with Crippen molar-refractivity contribution >= 4 is 11.8 Å². The number of likely N-dealkylation sites (N-methyl/N-ethyl adjacent to an activating group) is 1. The second kappa shape index (κ2) is 6.49. The monoisotopic (exact) mass is 265 g/mol. The standard InChI is InChI=1S/C13H19N3O3/c1-14-8-11-9-16(5-6-19-11)12-7-10(3-4-15-12)13(17)18-2/h3-4,7,11,14H,5-6,8-9H2,1-2H3. The van der Waals surface area contributed by atoms with E-state index in [9.17, 15) is 4.79 Å². The van der Waals surface area contributed by atoms with Crippen LogP contribution in [0.1, 0.15) is 10.4 Å². The number of carbonyl (C=O) groups is 1. The molecule has 0 radical (unpaired) electrons. The summed E-state index contributed by atoms with van der Waals surface area (Å²) < 4.78 is 10.4. The summed E-state index contributed by atoms with van der Waals surface area (Å²) in [5.41, 5.74) is 0.518. The molecule has 104 valence electrons. The van der Waals surface area contributed by atoms with Crippen molar-refractivity contribution in [2.75, 3.05) is 45.3 Å². The van der Waals surface area contributed by atoms with Crippen LogP contribution in [0.4, 0.5) is 5.82 Å². The first-order chi connectivity index (χ1) is 9.24. The number of nitrogens with one attached hydrogen (secondary N) is 1. The quantitative estimate of drug-likeness (QED) is 0.790. The van der Waals surface area contributed by atoms with Gasteiger partial charge >= 0.3 is 5.97 Å². The molecule has 1 saturated heterocycles. The van der Waals surface area contributed by atoms with E-state index < -0.39 is 0 Å². The predicted octanol–water partition coefficient (Wildman–Crippen LogP) is 0.293. The van der Waals surface area contributed by atoms with Crippen molar-refractivity contribution in [2.24, 2.45) is 0 Å². The summed E-state index contributed by atoms with van der Waals surface area (Å²) in [5.74, 6) is 0.441. The van der Waals surface area contributed by atoms with E-state index in [0.29, 0.717) is 12.2 Å². The third-order valence-electron chi connectivity index (χ3n) is 3.06. The molecule has 2 heterocycles. The number of nitrogens with zero attached hydrogens (tertiary/aromatic N) is 2. The first-order valence-electron chi connectivity index (χ1n) is 6.30. The number of hydrogen-bond acceptors (Lipinski definition) is 6. The number of methoxy groups -OCH3 is 1. The van der Waals surface area contributed by atoms with Crippen molar-refractivity contribution in [2.45, 2.75) is 6.10 Å². The highest BCUT2D eigenvalue weighted by Gasteiger charge is 2.21. The van der Waals surface area contributed by atoms with Gasteiger partial charge in [0.1, 0.15) is 5.82 Å². The van der Waals surface area contributed by atoms with Gasteiger partial charge in [-0.1, -0.05) is 0 Å². The Morgan fingerprint density at radius 2 is 2.53 bits per heavy atom. The Labute approximate surface area is 112 Å². The van der Waals surface area contributed by atoms with Crippen LogP contribution in [-0.2, 0) is 9.47 Å². The molecule has 1 aliphatic rings. The smallest absolute Gasteiger partial charge is 0.338 e. The lowest BCUT2D eigenvalue weighted by Gasteiger charge is -2.33. The van der Waals surface area contributed by atoms with Crippen LogP contribution in [0.3, 0.4) is 0 Å². The fourth-order valence-corrected chi connectivity index (χ4v) is 2.11. The second-order valence-corrected chi connectivity index (χ2v) is 4.39. The zero-order chi connectivity index (χ0) is 13.7. The fraction of sp³-hybridized carbons (Fsp3) is 0.538. The van der Waals surface area contributed by atoms with E-state index in [1.54, 1.807) is 18.3 Å². The molecular formula is C13H19N3O3. The topological polar surface area (TPSA) is 63.7 Å². The van der Waals surface area contributed by atoms with Crippen LogP contribution in [0.5, 0.6) is 0 Å². The minimum Gasteiger partial charge on any atom is -0.465 e. The highest BCUT2D eigenvalue weighted by Crippen LogP contribution is 2.16. The molecular weight excluding hydrogens is 246 g/mol. The van der Waals surface area contributed by atoms with Gasteiger partial charge in [0.05, 0.1) is 25.4 Å². The number of aromatic nitrogens is 1. The molecule has 0 aromatic carbocycles. The molecule has 1 aliphatic heterocycles. The van der Waals surface area contributed by atoms with Crippen molar-refractivity contribution in [1.29, 1.82) is 0 Å². The lowest BCUT2D eigenvalue weighted by atomic mass is 10.2. The average molecular weight is 265 g/mol. The molecule has 1 N–H and O–H groups in total. The number of rotatable bonds is 4. The van der Waals surface area contributed by atoms with Crippen LogP contribution in [-0.4, -0.2) is 57.5 Å². The maximum Gasteiger partial charge on any atom is 0.338 e. The normalized spacial score (nSPS) is 19.3. The van der Waals surface area contributed by atoms with Crippen molar-refractivity contribution in [3.63, 3.8) is 0 Å². The average Bonchev–Trinajstić information content (AvgIpc) is 2.47. The van der Waals surface area contributed by atoms with Crippen molar-refractivity contribution in [3.8, 4) is 0 Å². The minimum atomic E-state index is -0.344. The van der Waals surface area contributed by atoms with Crippen LogP contribution in [0.15, 0.2) is 18.3 Å². The molecule has 0 saturated carbocycles. The van der Waals surface area contributed by atoms with Gasteiger partial charge in [0.2, 0.25) is 0 Å². The third-order valence-corrected chi connectivity index (χ3v) is 3.06. The summed E-state index contributed by atoms with van der Waals surface area (Å²) in [6, 6.07) is 3.41. The van der Waals surface area contributed by atoms with E-state index in [0.717, 1.165) is 25.5 Å².